The van der Waals surface area contributed by atoms with Gasteiger partial charge in [0.15, 0.2) is 0 Å². The number of nitrogens with zero attached hydrogens (tertiary/aromatic N) is 1. The molecule has 0 aliphatic rings. The predicted molar refractivity (Wildman–Crippen MR) is 71.0 cm³/mol. The van der Waals surface area contributed by atoms with Crippen molar-refractivity contribution in [3.05, 3.63) is 45.9 Å². The first kappa shape index (κ1) is 12.1. The SMILES string of the molecule is Cc1ccc(C(C)(O)Cc2cnccc2N)s1. The molecule has 2 heterocycles. The number of aliphatic hydroxyl groups is 1. The quantitative estimate of drug-likeness (QED) is 0.877. The number of hydrogen-bond donors (Lipinski definition) is 2. The van der Waals surface area contributed by atoms with Crippen LogP contribution in [0, 0.1) is 6.92 Å². The van der Waals surface area contributed by atoms with Gasteiger partial charge in [0.25, 0.3) is 0 Å². The van der Waals surface area contributed by atoms with E-state index in [0.717, 1.165) is 10.4 Å². The summed E-state index contributed by atoms with van der Waals surface area (Å²) in [7, 11) is 0. The third kappa shape index (κ3) is 2.65. The summed E-state index contributed by atoms with van der Waals surface area (Å²) in [6.07, 6.45) is 3.85. The monoisotopic (exact) mass is 248 g/mol. The zero-order chi connectivity index (χ0) is 12.5. The van der Waals surface area contributed by atoms with Crippen LogP contribution < -0.4 is 5.73 Å². The Hall–Kier alpha value is -1.39. The van der Waals surface area contributed by atoms with Crippen LogP contribution in [0.15, 0.2) is 30.6 Å². The molecule has 3 N–H and O–H groups in total. The summed E-state index contributed by atoms with van der Waals surface area (Å²) in [5.41, 5.74) is 6.52. The standard InChI is InChI=1S/C13H16N2OS/c1-9-3-4-12(17-9)13(2,16)7-10-8-15-6-5-11(10)14/h3-6,8,16H,7H2,1-2H3,(H2,14,15). The highest BCUT2D eigenvalue weighted by atomic mass is 32.1. The lowest BCUT2D eigenvalue weighted by molar-refractivity contribution is 0.0616. The molecule has 4 heteroatoms. The van der Waals surface area contributed by atoms with Crippen molar-refractivity contribution >= 4 is 17.0 Å². The van der Waals surface area contributed by atoms with Crippen LogP contribution in [-0.2, 0) is 12.0 Å². The lowest BCUT2D eigenvalue weighted by atomic mass is 9.95. The molecule has 0 fully saturated rings. The fraction of sp³-hybridized carbons (Fsp3) is 0.308. The van der Waals surface area contributed by atoms with E-state index in [4.69, 9.17) is 5.73 Å². The van der Waals surface area contributed by atoms with Gasteiger partial charge in [0.1, 0.15) is 5.60 Å². The van der Waals surface area contributed by atoms with Gasteiger partial charge in [-0.3, -0.25) is 4.98 Å². The molecule has 0 spiro atoms. The second-order valence-electron chi connectivity index (χ2n) is 4.44. The van der Waals surface area contributed by atoms with Crippen molar-refractivity contribution in [3.8, 4) is 0 Å². The molecule has 0 amide bonds. The third-order valence-electron chi connectivity index (χ3n) is 2.75. The molecular formula is C13H16N2OS. The van der Waals surface area contributed by atoms with E-state index in [1.807, 2.05) is 26.0 Å². The summed E-state index contributed by atoms with van der Waals surface area (Å²) in [5.74, 6) is 0. The van der Waals surface area contributed by atoms with Gasteiger partial charge in [-0.15, -0.1) is 11.3 Å². The van der Waals surface area contributed by atoms with Crippen LogP contribution in [0.5, 0.6) is 0 Å². The normalized spacial score (nSPS) is 14.5. The molecule has 2 aromatic heterocycles. The Morgan fingerprint density at radius 2 is 2.18 bits per heavy atom. The van der Waals surface area contributed by atoms with E-state index in [-0.39, 0.29) is 0 Å². The lowest BCUT2D eigenvalue weighted by Crippen LogP contribution is -2.23. The number of nitrogen functional groups attached to an aromatic ring is 1. The number of nitrogens with two attached hydrogens (primary N) is 1. The molecule has 0 saturated carbocycles. The number of aromatic nitrogens is 1. The Morgan fingerprint density at radius 1 is 1.41 bits per heavy atom. The van der Waals surface area contributed by atoms with Crippen LogP contribution in [0.3, 0.4) is 0 Å². The molecule has 3 nitrogen and oxygen atoms in total. The molecule has 1 unspecified atom stereocenters. The molecule has 2 rings (SSSR count). The van der Waals surface area contributed by atoms with Gasteiger partial charge < -0.3 is 10.8 Å². The molecule has 17 heavy (non-hydrogen) atoms. The number of rotatable bonds is 3. The van der Waals surface area contributed by atoms with Gasteiger partial charge in [-0.1, -0.05) is 0 Å². The minimum Gasteiger partial charge on any atom is -0.398 e. The molecule has 0 aliphatic heterocycles. The summed E-state index contributed by atoms with van der Waals surface area (Å²) in [4.78, 5) is 6.19. The summed E-state index contributed by atoms with van der Waals surface area (Å²) in [5, 5.41) is 10.5. The van der Waals surface area contributed by atoms with E-state index >= 15 is 0 Å². The van der Waals surface area contributed by atoms with Gasteiger partial charge in [0.2, 0.25) is 0 Å². The Kier molecular flexibility index (Phi) is 3.17. The van der Waals surface area contributed by atoms with Gasteiger partial charge in [0.05, 0.1) is 0 Å². The summed E-state index contributed by atoms with van der Waals surface area (Å²) < 4.78 is 0. The van der Waals surface area contributed by atoms with Crippen molar-refractivity contribution in [3.63, 3.8) is 0 Å². The van der Waals surface area contributed by atoms with E-state index in [1.165, 1.54) is 4.88 Å². The highest BCUT2D eigenvalue weighted by molar-refractivity contribution is 7.12. The van der Waals surface area contributed by atoms with E-state index in [9.17, 15) is 5.11 Å². The largest absolute Gasteiger partial charge is 0.398 e. The van der Waals surface area contributed by atoms with Crippen LogP contribution in [0.1, 0.15) is 22.2 Å². The number of pyridine rings is 1. The zero-order valence-electron chi connectivity index (χ0n) is 9.97. The second-order valence-corrected chi connectivity index (χ2v) is 5.72. The number of aryl methyl sites for hydroxylation is 1. The van der Waals surface area contributed by atoms with Crippen molar-refractivity contribution < 1.29 is 5.11 Å². The van der Waals surface area contributed by atoms with Crippen LogP contribution in [0.2, 0.25) is 0 Å². The molecule has 2 aromatic rings. The first-order valence-corrected chi connectivity index (χ1v) is 6.28. The molecule has 1 atom stereocenters. The van der Waals surface area contributed by atoms with Crippen LogP contribution in [-0.4, -0.2) is 10.1 Å². The Balaban J connectivity index is 2.26. The molecule has 0 aromatic carbocycles. The number of hydrogen-bond acceptors (Lipinski definition) is 4. The molecule has 0 saturated heterocycles. The maximum Gasteiger partial charge on any atom is 0.100 e. The maximum atomic E-state index is 10.5. The van der Waals surface area contributed by atoms with E-state index in [1.54, 1.807) is 29.8 Å². The second kappa shape index (κ2) is 4.47. The van der Waals surface area contributed by atoms with E-state index in [0.29, 0.717) is 12.1 Å². The van der Waals surface area contributed by atoms with Crippen molar-refractivity contribution in [2.24, 2.45) is 0 Å². The molecule has 90 valence electrons. The Morgan fingerprint density at radius 3 is 2.76 bits per heavy atom. The third-order valence-corrected chi connectivity index (χ3v) is 4.00. The highest BCUT2D eigenvalue weighted by Crippen LogP contribution is 2.31. The average molecular weight is 248 g/mol. The van der Waals surface area contributed by atoms with Gasteiger partial charge >= 0.3 is 0 Å². The Labute approximate surface area is 105 Å². The predicted octanol–water partition coefficient (Wildman–Crippen LogP) is 2.48. The minimum atomic E-state index is -0.893. The zero-order valence-corrected chi connectivity index (χ0v) is 10.8. The maximum absolute atomic E-state index is 10.5. The number of thiophene rings is 1. The first-order chi connectivity index (χ1) is 7.99. The fourth-order valence-corrected chi connectivity index (χ4v) is 2.68. The number of anilines is 1. The van der Waals surface area contributed by atoms with Gasteiger partial charge in [-0.2, -0.15) is 0 Å². The summed E-state index contributed by atoms with van der Waals surface area (Å²) >= 11 is 1.61. The van der Waals surface area contributed by atoms with Crippen LogP contribution >= 0.6 is 11.3 Å². The summed E-state index contributed by atoms with van der Waals surface area (Å²) in [6, 6.07) is 5.73. The fourth-order valence-electron chi connectivity index (χ4n) is 1.77. The van der Waals surface area contributed by atoms with Crippen molar-refractivity contribution in [1.82, 2.24) is 4.98 Å². The van der Waals surface area contributed by atoms with E-state index < -0.39 is 5.60 Å². The van der Waals surface area contributed by atoms with Crippen molar-refractivity contribution in [1.29, 1.82) is 0 Å². The minimum absolute atomic E-state index is 0.479. The molecule has 0 aliphatic carbocycles. The molecule has 0 radical (unpaired) electrons. The molecule has 0 bridgehead atoms. The Bertz CT molecular complexity index is 520. The lowest BCUT2D eigenvalue weighted by Gasteiger charge is -2.22. The van der Waals surface area contributed by atoms with E-state index in [2.05, 4.69) is 4.98 Å². The average Bonchev–Trinajstić information content (AvgIpc) is 2.69. The highest BCUT2D eigenvalue weighted by Gasteiger charge is 2.26. The smallest absolute Gasteiger partial charge is 0.100 e. The van der Waals surface area contributed by atoms with Gasteiger partial charge in [0, 0.05) is 34.3 Å². The van der Waals surface area contributed by atoms with Gasteiger partial charge in [-0.05, 0) is 37.6 Å². The summed E-state index contributed by atoms with van der Waals surface area (Å²) in [6.45, 7) is 3.84. The van der Waals surface area contributed by atoms with Gasteiger partial charge in [-0.25, -0.2) is 0 Å². The van der Waals surface area contributed by atoms with Crippen molar-refractivity contribution in [2.45, 2.75) is 25.9 Å². The first-order valence-electron chi connectivity index (χ1n) is 5.47. The molecular weight excluding hydrogens is 232 g/mol. The topological polar surface area (TPSA) is 59.1 Å². The van der Waals surface area contributed by atoms with Crippen LogP contribution in [0.4, 0.5) is 5.69 Å². The van der Waals surface area contributed by atoms with Crippen molar-refractivity contribution in [2.75, 3.05) is 5.73 Å². The van der Waals surface area contributed by atoms with Crippen LogP contribution in [0.25, 0.3) is 0 Å².